The van der Waals surface area contributed by atoms with Crippen molar-refractivity contribution in [3.8, 4) is 0 Å². The van der Waals surface area contributed by atoms with Crippen LogP contribution in [0.25, 0.3) is 0 Å². The summed E-state index contributed by atoms with van der Waals surface area (Å²) in [4.78, 5) is 44.7. The molecule has 0 spiro atoms. The minimum absolute atomic E-state index is 0.459. The molecule has 0 N–H and O–H groups in total. The van der Waals surface area contributed by atoms with E-state index in [2.05, 4.69) is 35.5 Å². The SMILES string of the molecule is CCCCCCCCCCCCCCCC(=O)CCN1CCCCCCC1.CCCCCCCCCCCCCCCC(=O)CCN1CCCCN(CCC(=O)CCCCCCCCCCCCCCC)CC1. The number of rotatable bonds is 51. The summed E-state index contributed by atoms with van der Waals surface area (Å²) in [6.07, 6.45) is 66.9. The Kier molecular flexibility index (Phi) is 54.7. The van der Waals surface area contributed by atoms with Crippen LogP contribution in [0.4, 0.5) is 0 Å². The average molecular weight is 1030 g/mol. The van der Waals surface area contributed by atoms with Gasteiger partial charge in [0.2, 0.25) is 0 Å². The van der Waals surface area contributed by atoms with Crippen LogP contribution in [0.2, 0.25) is 0 Å². The van der Waals surface area contributed by atoms with Gasteiger partial charge >= 0.3 is 0 Å². The van der Waals surface area contributed by atoms with Gasteiger partial charge in [-0.1, -0.05) is 271 Å². The topological polar surface area (TPSA) is 60.9 Å². The maximum Gasteiger partial charge on any atom is 0.134 e. The molecule has 2 fully saturated rings. The first-order chi connectivity index (χ1) is 36.0. The lowest BCUT2D eigenvalue weighted by Gasteiger charge is -2.30. The van der Waals surface area contributed by atoms with Crippen LogP contribution in [-0.4, -0.2) is 91.0 Å². The fourth-order valence-corrected chi connectivity index (χ4v) is 11.4. The average Bonchev–Trinajstić information content (AvgIpc) is 3.37. The molecule has 0 atom stereocenters. The molecule has 2 heterocycles. The molecule has 6 heteroatoms. The number of ketones is 3. The van der Waals surface area contributed by atoms with Crippen LogP contribution >= 0.6 is 0 Å². The summed E-state index contributed by atoms with van der Waals surface area (Å²) in [6, 6.07) is 0. The van der Waals surface area contributed by atoms with E-state index < -0.39 is 0 Å². The second-order valence-corrected chi connectivity index (χ2v) is 23.8. The van der Waals surface area contributed by atoms with E-state index in [1.165, 1.54) is 289 Å². The van der Waals surface area contributed by atoms with E-state index in [0.29, 0.717) is 17.3 Å². The maximum atomic E-state index is 12.5. The largest absolute Gasteiger partial charge is 0.303 e. The molecule has 0 radical (unpaired) electrons. The summed E-state index contributed by atoms with van der Waals surface area (Å²) in [5.74, 6) is 1.42. The van der Waals surface area contributed by atoms with Gasteiger partial charge in [-0.2, -0.15) is 0 Å². The van der Waals surface area contributed by atoms with Crippen molar-refractivity contribution in [2.24, 2.45) is 0 Å². The number of nitrogens with zero attached hydrogens (tertiary/aromatic N) is 3. The van der Waals surface area contributed by atoms with Gasteiger partial charge in [0.15, 0.2) is 0 Å². The van der Waals surface area contributed by atoms with Crippen LogP contribution in [0, 0.1) is 0 Å². The zero-order chi connectivity index (χ0) is 52.6. The normalized spacial score (nSPS) is 15.3. The van der Waals surface area contributed by atoms with E-state index in [1.54, 1.807) is 0 Å². The Morgan fingerprint density at radius 3 is 0.630 bits per heavy atom. The summed E-state index contributed by atoms with van der Waals surface area (Å²) < 4.78 is 0. The molecule has 6 nitrogen and oxygen atoms in total. The van der Waals surface area contributed by atoms with Gasteiger partial charge in [-0.3, -0.25) is 14.4 Å². The van der Waals surface area contributed by atoms with Crippen molar-refractivity contribution in [3.63, 3.8) is 0 Å². The van der Waals surface area contributed by atoms with Gasteiger partial charge in [0, 0.05) is 71.2 Å². The van der Waals surface area contributed by atoms with E-state index >= 15 is 0 Å². The number of carbonyl (C=O) groups excluding carboxylic acids is 3. The lowest BCUT2D eigenvalue weighted by atomic mass is 10.0. The predicted molar refractivity (Wildman–Crippen MR) is 321 cm³/mol. The first kappa shape index (κ1) is 69.9. The first-order valence-corrected chi connectivity index (χ1v) is 33.7. The van der Waals surface area contributed by atoms with Gasteiger partial charge < -0.3 is 14.7 Å². The van der Waals surface area contributed by atoms with E-state index in [0.717, 1.165) is 104 Å². The van der Waals surface area contributed by atoms with Crippen LogP contribution in [0.5, 0.6) is 0 Å². The molecule has 0 unspecified atom stereocenters. The predicted octanol–water partition coefficient (Wildman–Crippen LogP) is 20.0. The Morgan fingerprint density at radius 2 is 0.397 bits per heavy atom. The molecule has 2 rings (SSSR count). The van der Waals surface area contributed by atoms with Crippen LogP contribution in [0.15, 0.2) is 0 Å². The first-order valence-electron chi connectivity index (χ1n) is 33.7. The third-order valence-electron chi connectivity index (χ3n) is 16.7. The Hall–Kier alpha value is -1.11. The number of hydrogen-bond acceptors (Lipinski definition) is 6. The number of unbranched alkanes of at least 4 members (excludes halogenated alkanes) is 36. The van der Waals surface area contributed by atoms with E-state index in [4.69, 9.17) is 0 Å². The molecule has 2 aliphatic rings. The van der Waals surface area contributed by atoms with Gasteiger partial charge in [0.1, 0.15) is 17.3 Å². The Bertz CT molecular complexity index is 1100. The van der Waals surface area contributed by atoms with Crippen LogP contribution in [0.1, 0.15) is 355 Å². The van der Waals surface area contributed by atoms with Gasteiger partial charge in [-0.15, -0.1) is 0 Å². The van der Waals surface area contributed by atoms with Crippen molar-refractivity contribution >= 4 is 17.3 Å². The molecule has 0 amide bonds. The van der Waals surface area contributed by atoms with E-state index in [-0.39, 0.29) is 0 Å². The molecule has 0 aromatic heterocycles. The van der Waals surface area contributed by atoms with Crippen molar-refractivity contribution in [2.75, 3.05) is 58.9 Å². The summed E-state index contributed by atoms with van der Waals surface area (Å²) >= 11 is 0. The molecular weight excluding hydrogens is 895 g/mol. The van der Waals surface area contributed by atoms with Crippen molar-refractivity contribution < 1.29 is 14.4 Å². The summed E-state index contributed by atoms with van der Waals surface area (Å²) in [7, 11) is 0. The number of carbonyl (C=O) groups is 3. The summed E-state index contributed by atoms with van der Waals surface area (Å²) in [5, 5.41) is 0. The second kappa shape index (κ2) is 57.1. The minimum Gasteiger partial charge on any atom is -0.303 e. The maximum absolute atomic E-state index is 12.5. The van der Waals surface area contributed by atoms with Gasteiger partial charge in [-0.05, 0) is 71.1 Å². The zero-order valence-electron chi connectivity index (χ0n) is 50.2. The molecule has 432 valence electrons. The third-order valence-corrected chi connectivity index (χ3v) is 16.7. The summed E-state index contributed by atoms with van der Waals surface area (Å²) in [6.45, 7) is 16.5. The third kappa shape index (κ3) is 51.4. The highest BCUT2D eigenvalue weighted by Gasteiger charge is 2.16. The highest BCUT2D eigenvalue weighted by Crippen LogP contribution is 2.18. The van der Waals surface area contributed by atoms with Crippen molar-refractivity contribution in [2.45, 2.75) is 355 Å². The molecule has 0 aliphatic carbocycles. The fourth-order valence-electron chi connectivity index (χ4n) is 11.4. The summed E-state index contributed by atoms with van der Waals surface area (Å²) in [5.41, 5.74) is 0. The molecule has 2 aliphatic heterocycles. The van der Waals surface area contributed by atoms with Gasteiger partial charge in [0.25, 0.3) is 0 Å². The second-order valence-electron chi connectivity index (χ2n) is 23.8. The zero-order valence-corrected chi connectivity index (χ0v) is 50.2. The standard InChI is InChI=1S/C42H82N2O2.C25H49NO/c1-3-5-7-9-11-13-15-17-19-21-23-25-27-31-41(45)33-37-43-35-29-30-36-44(40-39-43)38-34-42(46)32-28-26-24-22-20-18-16-14-12-10-8-6-4-2;1-2-3-4-5-6-7-8-9-10-11-12-14-17-20-25(27)21-24-26-22-18-15-13-16-19-23-26/h3-40H2,1-2H3;2-24H2,1H3. The molecule has 73 heavy (non-hydrogen) atoms. The highest BCUT2D eigenvalue weighted by atomic mass is 16.1. The monoisotopic (exact) mass is 1030 g/mol. The van der Waals surface area contributed by atoms with E-state index in [9.17, 15) is 14.4 Å². The molecule has 0 bridgehead atoms. The minimum atomic E-state index is 0.459. The number of likely N-dealkylation sites (tertiary alicyclic amines) is 1. The van der Waals surface area contributed by atoms with Gasteiger partial charge in [0.05, 0.1) is 0 Å². The number of hydrogen-bond donors (Lipinski definition) is 0. The van der Waals surface area contributed by atoms with Crippen LogP contribution < -0.4 is 0 Å². The lowest BCUT2D eigenvalue weighted by Crippen LogP contribution is -2.40. The van der Waals surface area contributed by atoms with Crippen molar-refractivity contribution in [1.82, 2.24) is 14.7 Å². The quantitative estimate of drug-likeness (QED) is 0.0566. The van der Waals surface area contributed by atoms with Crippen molar-refractivity contribution in [1.29, 1.82) is 0 Å². The van der Waals surface area contributed by atoms with Crippen LogP contribution in [0.3, 0.4) is 0 Å². The molecule has 2 saturated heterocycles. The lowest BCUT2D eigenvalue weighted by molar-refractivity contribution is -0.120. The highest BCUT2D eigenvalue weighted by molar-refractivity contribution is 5.79. The van der Waals surface area contributed by atoms with Gasteiger partial charge in [-0.25, -0.2) is 0 Å². The number of Topliss-reactive ketones (excluding diaryl/α,β-unsaturated/α-hetero) is 3. The van der Waals surface area contributed by atoms with Crippen LogP contribution in [-0.2, 0) is 14.4 Å². The fraction of sp³-hybridized carbons (Fsp3) is 0.955. The smallest absolute Gasteiger partial charge is 0.134 e. The van der Waals surface area contributed by atoms with E-state index in [1.807, 2.05) is 0 Å². The molecule has 0 saturated carbocycles. The molecule has 0 aromatic carbocycles. The Balaban J connectivity index is 0.000000836. The van der Waals surface area contributed by atoms with Crippen molar-refractivity contribution in [3.05, 3.63) is 0 Å². The Morgan fingerprint density at radius 1 is 0.219 bits per heavy atom. The molecule has 0 aromatic rings. The Labute approximate surface area is 458 Å². The molecular formula is C67H131N3O3.